The normalized spacial score (nSPS) is 21.1. The number of anilines is 2. The zero-order valence-electron chi connectivity index (χ0n) is 11.9. The molecule has 110 valence electrons. The number of hydrogen-bond acceptors (Lipinski definition) is 5. The smallest absolute Gasteiger partial charge is 0.0642 e. The van der Waals surface area contributed by atoms with Gasteiger partial charge in [-0.3, -0.25) is 4.90 Å². The van der Waals surface area contributed by atoms with Crippen molar-refractivity contribution in [2.24, 2.45) is 0 Å². The van der Waals surface area contributed by atoms with E-state index in [0.717, 1.165) is 64.8 Å². The fourth-order valence-electron chi connectivity index (χ4n) is 2.81. The number of nitrogens with two attached hydrogens (primary N) is 1. The molecule has 0 aliphatic carbocycles. The summed E-state index contributed by atoms with van der Waals surface area (Å²) in [7, 11) is 0. The van der Waals surface area contributed by atoms with Gasteiger partial charge >= 0.3 is 0 Å². The summed E-state index contributed by atoms with van der Waals surface area (Å²) in [6, 6.07) is 6.41. The van der Waals surface area contributed by atoms with Gasteiger partial charge in [-0.15, -0.1) is 0 Å². The van der Waals surface area contributed by atoms with Crippen LogP contribution in [0.15, 0.2) is 18.2 Å². The van der Waals surface area contributed by atoms with Gasteiger partial charge < -0.3 is 20.1 Å². The maximum atomic E-state index is 6.07. The van der Waals surface area contributed by atoms with Gasteiger partial charge in [-0.05, 0) is 23.8 Å². The van der Waals surface area contributed by atoms with E-state index in [1.54, 1.807) is 0 Å². The summed E-state index contributed by atoms with van der Waals surface area (Å²) in [5, 5.41) is 0. The van der Waals surface area contributed by atoms with Crippen molar-refractivity contribution in [3.63, 3.8) is 0 Å². The first-order chi connectivity index (χ1) is 9.81. The summed E-state index contributed by atoms with van der Waals surface area (Å²) < 4.78 is 10.8. The number of nitrogen functional groups attached to an aromatic ring is 1. The van der Waals surface area contributed by atoms with Gasteiger partial charge in [0.15, 0.2) is 0 Å². The van der Waals surface area contributed by atoms with Crippen molar-refractivity contribution in [1.29, 1.82) is 0 Å². The van der Waals surface area contributed by atoms with Crippen LogP contribution in [0.3, 0.4) is 0 Å². The molecule has 2 N–H and O–H groups in total. The number of morpholine rings is 2. The minimum Gasteiger partial charge on any atom is -0.399 e. The predicted molar refractivity (Wildman–Crippen MR) is 80.0 cm³/mol. The molecule has 0 bridgehead atoms. The second-order valence-corrected chi connectivity index (χ2v) is 5.42. The Kier molecular flexibility index (Phi) is 4.40. The Morgan fingerprint density at radius 3 is 2.25 bits per heavy atom. The van der Waals surface area contributed by atoms with Gasteiger partial charge in [0.2, 0.25) is 0 Å². The molecule has 0 amide bonds. The predicted octanol–water partition coefficient (Wildman–Crippen LogP) is 0.938. The molecule has 2 fully saturated rings. The Morgan fingerprint density at radius 1 is 0.900 bits per heavy atom. The van der Waals surface area contributed by atoms with Crippen molar-refractivity contribution in [3.05, 3.63) is 23.8 Å². The zero-order valence-corrected chi connectivity index (χ0v) is 11.9. The topological polar surface area (TPSA) is 51.0 Å². The summed E-state index contributed by atoms with van der Waals surface area (Å²) in [5.41, 5.74) is 9.42. The highest BCUT2D eigenvalue weighted by Crippen LogP contribution is 2.23. The molecule has 1 aromatic rings. The van der Waals surface area contributed by atoms with Crippen molar-refractivity contribution in [3.8, 4) is 0 Å². The molecule has 2 aliphatic rings. The molecule has 2 heterocycles. The summed E-state index contributed by atoms with van der Waals surface area (Å²) in [6.07, 6.45) is 0. The Morgan fingerprint density at radius 2 is 1.55 bits per heavy atom. The van der Waals surface area contributed by atoms with Gasteiger partial charge in [0.25, 0.3) is 0 Å². The van der Waals surface area contributed by atoms with Crippen LogP contribution in [0.4, 0.5) is 11.4 Å². The molecule has 2 aliphatic heterocycles. The van der Waals surface area contributed by atoms with E-state index in [0.29, 0.717) is 0 Å². The molecule has 20 heavy (non-hydrogen) atoms. The third-order valence-corrected chi connectivity index (χ3v) is 3.89. The third kappa shape index (κ3) is 3.42. The fourth-order valence-corrected chi connectivity index (χ4v) is 2.81. The van der Waals surface area contributed by atoms with E-state index in [4.69, 9.17) is 15.2 Å². The molecule has 0 unspecified atom stereocenters. The summed E-state index contributed by atoms with van der Waals surface area (Å²) >= 11 is 0. The van der Waals surface area contributed by atoms with Crippen LogP contribution in [-0.4, -0.2) is 57.5 Å². The van der Waals surface area contributed by atoms with Crippen molar-refractivity contribution in [2.45, 2.75) is 6.54 Å². The molecule has 0 atom stereocenters. The van der Waals surface area contributed by atoms with E-state index in [1.807, 2.05) is 0 Å². The van der Waals surface area contributed by atoms with Crippen molar-refractivity contribution < 1.29 is 9.47 Å². The third-order valence-electron chi connectivity index (χ3n) is 3.89. The van der Waals surface area contributed by atoms with Gasteiger partial charge in [-0.2, -0.15) is 0 Å². The van der Waals surface area contributed by atoms with Gasteiger partial charge in [0.1, 0.15) is 0 Å². The summed E-state index contributed by atoms with van der Waals surface area (Å²) in [6.45, 7) is 8.11. The zero-order chi connectivity index (χ0) is 13.8. The van der Waals surface area contributed by atoms with Crippen LogP contribution in [0.2, 0.25) is 0 Å². The second kappa shape index (κ2) is 6.43. The molecule has 0 saturated carbocycles. The van der Waals surface area contributed by atoms with E-state index >= 15 is 0 Å². The lowest BCUT2D eigenvalue weighted by Gasteiger charge is -2.30. The molecule has 0 aromatic heterocycles. The van der Waals surface area contributed by atoms with Crippen LogP contribution in [0.1, 0.15) is 5.56 Å². The summed E-state index contributed by atoms with van der Waals surface area (Å²) in [4.78, 5) is 4.77. The highest BCUT2D eigenvalue weighted by Gasteiger charge is 2.14. The first kappa shape index (κ1) is 13.7. The largest absolute Gasteiger partial charge is 0.399 e. The monoisotopic (exact) mass is 277 g/mol. The highest BCUT2D eigenvalue weighted by molar-refractivity contribution is 5.58. The molecule has 0 spiro atoms. The lowest BCUT2D eigenvalue weighted by Crippen LogP contribution is -2.37. The van der Waals surface area contributed by atoms with Crippen LogP contribution >= 0.6 is 0 Å². The standard InChI is InChI=1S/C15H23N3O2/c16-14-9-13(12-17-1-5-19-6-2-17)10-15(11-14)18-3-7-20-8-4-18/h9-11H,1-8,12,16H2. The minimum atomic E-state index is 0.799. The quantitative estimate of drug-likeness (QED) is 0.833. The van der Waals surface area contributed by atoms with Gasteiger partial charge in [0, 0.05) is 44.1 Å². The van der Waals surface area contributed by atoms with Gasteiger partial charge in [-0.25, -0.2) is 0 Å². The molecule has 3 rings (SSSR count). The van der Waals surface area contributed by atoms with Gasteiger partial charge in [0.05, 0.1) is 26.4 Å². The Hall–Kier alpha value is -1.30. The number of hydrogen-bond donors (Lipinski definition) is 1. The number of rotatable bonds is 3. The molecular formula is C15H23N3O2. The minimum absolute atomic E-state index is 0.799. The lowest BCUT2D eigenvalue weighted by atomic mass is 10.1. The molecule has 1 aromatic carbocycles. The van der Waals surface area contributed by atoms with Crippen LogP contribution in [-0.2, 0) is 16.0 Å². The maximum absolute atomic E-state index is 6.07. The van der Waals surface area contributed by atoms with Gasteiger partial charge in [-0.1, -0.05) is 0 Å². The molecular weight excluding hydrogens is 254 g/mol. The van der Waals surface area contributed by atoms with E-state index in [1.165, 1.54) is 11.3 Å². The fraction of sp³-hybridized carbons (Fsp3) is 0.600. The first-order valence-corrected chi connectivity index (χ1v) is 7.33. The van der Waals surface area contributed by atoms with Crippen LogP contribution in [0.5, 0.6) is 0 Å². The average Bonchev–Trinajstić information content (AvgIpc) is 2.49. The molecule has 5 nitrogen and oxygen atoms in total. The Labute approximate surface area is 120 Å². The molecule has 5 heteroatoms. The van der Waals surface area contributed by atoms with Crippen LogP contribution in [0.25, 0.3) is 0 Å². The number of nitrogens with zero attached hydrogens (tertiary/aromatic N) is 2. The SMILES string of the molecule is Nc1cc(CN2CCOCC2)cc(N2CCOCC2)c1. The Balaban J connectivity index is 1.71. The lowest BCUT2D eigenvalue weighted by molar-refractivity contribution is 0.0342. The van der Waals surface area contributed by atoms with Crippen LogP contribution < -0.4 is 10.6 Å². The van der Waals surface area contributed by atoms with E-state index < -0.39 is 0 Å². The number of benzene rings is 1. The molecule has 2 saturated heterocycles. The van der Waals surface area contributed by atoms with E-state index in [-0.39, 0.29) is 0 Å². The van der Waals surface area contributed by atoms with E-state index in [2.05, 4.69) is 28.0 Å². The van der Waals surface area contributed by atoms with Crippen molar-refractivity contribution in [1.82, 2.24) is 4.90 Å². The molecule has 0 radical (unpaired) electrons. The maximum Gasteiger partial charge on any atom is 0.0642 e. The average molecular weight is 277 g/mol. The van der Waals surface area contributed by atoms with Crippen molar-refractivity contribution in [2.75, 3.05) is 63.2 Å². The van der Waals surface area contributed by atoms with Crippen LogP contribution in [0, 0.1) is 0 Å². The first-order valence-electron chi connectivity index (χ1n) is 7.33. The Bertz CT molecular complexity index is 441. The number of ether oxygens (including phenoxy) is 2. The second-order valence-electron chi connectivity index (χ2n) is 5.42. The summed E-state index contributed by atoms with van der Waals surface area (Å²) in [5.74, 6) is 0. The highest BCUT2D eigenvalue weighted by atomic mass is 16.5. The van der Waals surface area contributed by atoms with E-state index in [9.17, 15) is 0 Å². The van der Waals surface area contributed by atoms with Crippen molar-refractivity contribution >= 4 is 11.4 Å².